The van der Waals surface area contributed by atoms with Gasteiger partial charge in [0.2, 0.25) is 0 Å². The van der Waals surface area contributed by atoms with E-state index in [4.69, 9.17) is 0 Å². The zero-order chi connectivity index (χ0) is 12.1. The van der Waals surface area contributed by atoms with E-state index < -0.39 is 11.6 Å². The second-order valence-corrected chi connectivity index (χ2v) is 4.57. The summed E-state index contributed by atoms with van der Waals surface area (Å²) in [6.45, 7) is 3.71. The molecule has 0 spiro atoms. The average Bonchev–Trinajstić information content (AvgIpc) is 2.35. The van der Waals surface area contributed by atoms with Crippen LogP contribution < -0.4 is 10.6 Å². The summed E-state index contributed by atoms with van der Waals surface area (Å²) in [5.41, 5.74) is 0.790. The summed E-state index contributed by atoms with van der Waals surface area (Å²) in [6.07, 6.45) is 2.37. The van der Waals surface area contributed by atoms with Gasteiger partial charge in [-0.15, -0.1) is 0 Å². The normalized spacial score (nSPS) is 17.3. The third-order valence-electron chi connectivity index (χ3n) is 3.20. The van der Waals surface area contributed by atoms with Gasteiger partial charge in [0.15, 0.2) is 11.6 Å². The molecule has 2 nitrogen and oxygen atoms in total. The molecule has 0 saturated carbocycles. The van der Waals surface area contributed by atoms with Gasteiger partial charge in [0.1, 0.15) is 0 Å². The van der Waals surface area contributed by atoms with Crippen LogP contribution in [0.25, 0.3) is 0 Å². The molecule has 4 heteroatoms. The van der Waals surface area contributed by atoms with Gasteiger partial charge in [-0.05, 0) is 56.1 Å². The molecule has 1 aliphatic rings. The van der Waals surface area contributed by atoms with Crippen molar-refractivity contribution < 1.29 is 8.78 Å². The average molecular weight is 240 g/mol. The van der Waals surface area contributed by atoms with Crippen LogP contribution >= 0.6 is 0 Å². The minimum Gasteiger partial charge on any atom is -0.317 e. The molecule has 2 rings (SSSR count). The maximum Gasteiger partial charge on any atom is 0.159 e. The van der Waals surface area contributed by atoms with Crippen molar-refractivity contribution in [3.63, 3.8) is 0 Å². The molecule has 1 saturated heterocycles. The van der Waals surface area contributed by atoms with Crippen LogP contribution in [0.2, 0.25) is 0 Å². The van der Waals surface area contributed by atoms with E-state index in [1.54, 1.807) is 6.07 Å². The fraction of sp³-hybridized carbons (Fsp3) is 0.538. The number of benzene rings is 1. The molecule has 0 atom stereocenters. The third kappa shape index (κ3) is 3.75. The summed E-state index contributed by atoms with van der Waals surface area (Å²) in [6, 6.07) is 4.05. The van der Waals surface area contributed by atoms with E-state index in [2.05, 4.69) is 10.6 Å². The summed E-state index contributed by atoms with van der Waals surface area (Å²) in [4.78, 5) is 0. The molecule has 0 aromatic heterocycles. The summed E-state index contributed by atoms with van der Waals surface area (Å²) in [5.74, 6) is -0.861. The minimum atomic E-state index is -0.785. The Morgan fingerprint density at radius 2 is 1.94 bits per heavy atom. The molecule has 0 bridgehead atoms. The maximum absolute atomic E-state index is 13.0. The van der Waals surface area contributed by atoms with Crippen molar-refractivity contribution in [1.82, 2.24) is 10.6 Å². The number of nitrogens with one attached hydrogen (secondary N) is 2. The lowest BCUT2D eigenvalue weighted by molar-refractivity contribution is 0.356. The molecular formula is C13H18F2N2. The van der Waals surface area contributed by atoms with Crippen molar-refractivity contribution in [1.29, 1.82) is 0 Å². The van der Waals surface area contributed by atoms with E-state index in [1.807, 2.05) is 0 Å². The fourth-order valence-electron chi connectivity index (χ4n) is 2.16. The quantitative estimate of drug-likeness (QED) is 0.841. The van der Waals surface area contributed by atoms with Gasteiger partial charge < -0.3 is 10.6 Å². The first-order valence-electron chi connectivity index (χ1n) is 6.11. The lowest BCUT2D eigenvalue weighted by Crippen LogP contribution is -2.33. The molecule has 94 valence electrons. The highest BCUT2D eigenvalue weighted by atomic mass is 19.2. The first-order chi connectivity index (χ1) is 8.25. The van der Waals surface area contributed by atoms with Crippen molar-refractivity contribution in [3.05, 3.63) is 35.4 Å². The highest BCUT2D eigenvalue weighted by Gasteiger charge is 2.12. The largest absolute Gasteiger partial charge is 0.317 e. The van der Waals surface area contributed by atoms with Crippen LogP contribution in [0.5, 0.6) is 0 Å². The van der Waals surface area contributed by atoms with Crippen LogP contribution in [0.1, 0.15) is 18.4 Å². The van der Waals surface area contributed by atoms with Gasteiger partial charge in [-0.25, -0.2) is 8.78 Å². The standard InChI is InChI=1S/C13H18F2N2/c14-12-2-1-11(7-13(12)15)9-17-8-10-3-5-16-6-4-10/h1-2,7,10,16-17H,3-6,8-9H2. The molecule has 0 aliphatic carbocycles. The summed E-state index contributed by atoms with van der Waals surface area (Å²) >= 11 is 0. The highest BCUT2D eigenvalue weighted by Crippen LogP contribution is 2.11. The van der Waals surface area contributed by atoms with E-state index in [0.717, 1.165) is 25.2 Å². The van der Waals surface area contributed by atoms with E-state index in [1.165, 1.54) is 25.0 Å². The molecular weight excluding hydrogens is 222 g/mol. The smallest absolute Gasteiger partial charge is 0.159 e. The summed E-state index contributed by atoms with van der Waals surface area (Å²) in [7, 11) is 0. The summed E-state index contributed by atoms with van der Waals surface area (Å²) < 4.78 is 25.7. The van der Waals surface area contributed by atoms with Gasteiger partial charge in [0.05, 0.1) is 0 Å². The predicted octanol–water partition coefficient (Wildman–Crippen LogP) is 2.05. The minimum absolute atomic E-state index is 0.598. The Labute approximate surface area is 100 Å². The van der Waals surface area contributed by atoms with Crippen molar-refractivity contribution in [2.24, 2.45) is 5.92 Å². The van der Waals surface area contributed by atoms with E-state index >= 15 is 0 Å². The van der Waals surface area contributed by atoms with Crippen LogP contribution in [0, 0.1) is 17.6 Å². The Morgan fingerprint density at radius 3 is 2.65 bits per heavy atom. The first kappa shape index (κ1) is 12.5. The Morgan fingerprint density at radius 1 is 1.18 bits per heavy atom. The van der Waals surface area contributed by atoms with Gasteiger partial charge in [-0.1, -0.05) is 6.07 Å². The highest BCUT2D eigenvalue weighted by molar-refractivity contribution is 5.17. The maximum atomic E-state index is 13.0. The molecule has 2 N–H and O–H groups in total. The lowest BCUT2D eigenvalue weighted by atomic mass is 9.98. The number of halogens is 2. The van der Waals surface area contributed by atoms with Gasteiger partial charge in [0.25, 0.3) is 0 Å². The Bertz CT molecular complexity index is 362. The number of piperidine rings is 1. The zero-order valence-electron chi connectivity index (χ0n) is 9.81. The molecule has 1 aliphatic heterocycles. The van der Waals surface area contributed by atoms with Crippen LogP contribution in [0.15, 0.2) is 18.2 Å². The van der Waals surface area contributed by atoms with Crippen molar-refractivity contribution in [2.75, 3.05) is 19.6 Å². The molecule has 0 unspecified atom stereocenters. The monoisotopic (exact) mass is 240 g/mol. The second-order valence-electron chi connectivity index (χ2n) is 4.57. The van der Waals surface area contributed by atoms with Gasteiger partial charge >= 0.3 is 0 Å². The zero-order valence-corrected chi connectivity index (χ0v) is 9.81. The van der Waals surface area contributed by atoms with Crippen LogP contribution in [0.4, 0.5) is 8.78 Å². The van der Waals surface area contributed by atoms with Crippen LogP contribution in [-0.4, -0.2) is 19.6 Å². The van der Waals surface area contributed by atoms with E-state index in [-0.39, 0.29) is 0 Å². The van der Waals surface area contributed by atoms with Crippen molar-refractivity contribution >= 4 is 0 Å². The molecule has 1 fully saturated rings. The molecule has 1 aromatic rings. The molecule has 0 radical (unpaired) electrons. The number of hydrogen-bond acceptors (Lipinski definition) is 2. The molecule has 0 amide bonds. The van der Waals surface area contributed by atoms with E-state index in [9.17, 15) is 8.78 Å². The Kier molecular flexibility index (Phi) is 4.45. The SMILES string of the molecule is Fc1ccc(CNCC2CCNCC2)cc1F. The number of hydrogen-bond donors (Lipinski definition) is 2. The summed E-state index contributed by atoms with van der Waals surface area (Å²) in [5, 5.41) is 6.62. The predicted molar refractivity (Wildman–Crippen MR) is 63.7 cm³/mol. The third-order valence-corrected chi connectivity index (χ3v) is 3.20. The number of rotatable bonds is 4. The van der Waals surface area contributed by atoms with Crippen LogP contribution in [0.3, 0.4) is 0 Å². The van der Waals surface area contributed by atoms with Gasteiger partial charge in [-0.2, -0.15) is 0 Å². The van der Waals surface area contributed by atoms with Crippen LogP contribution in [-0.2, 0) is 6.54 Å². The topological polar surface area (TPSA) is 24.1 Å². The Hall–Kier alpha value is -1.00. The molecule has 1 aromatic carbocycles. The van der Waals surface area contributed by atoms with Gasteiger partial charge in [0, 0.05) is 6.54 Å². The van der Waals surface area contributed by atoms with Crippen molar-refractivity contribution in [2.45, 2.75) is 19.4 Å². The first-order valence-corrected chi connectivity index (χ1v) is 6.11. The van der Waals surface area contributed by atoms with Gasteiger partial charge in [-0.3, -0.25) is 0 Å². The Balaban J connectivity index is 1.75. The lowest BCUT2D eigenvalue weighted by Gasteiger charge is -2.22. The molecule has 1 heterocycles. The van der Waals surface area contributed by atoms with E-state index in [0.29, 0.717) is 12.5 Å². The fourth-order valence-corrected chi connectivity index (χ4v) is 2.16. The second kappa shape index (κ2) is 6.07. The van der Waals surface area contributed by atoms with Crippen molar-refractivity contribution in [3.8, 4) is 0 Å². The molecule has 17 heavy (non-hydrogen) atoms.